The molecule has 9 nitrogen and oxygen atoms in total. The van der Waals surface area contributed by atoms with Crippen LogP contribution in [-0.4, -0.2) is 109 Å². The van der Waals surface area contributed by atoms with Gasteiger partial charge < -0.3 is 41.0 Å². The molecule has 6 N–H and O–H groups in total. The molecule has 1 unspecified atom stereocenters. The second-order valence-electron chi connectivity index (χ2n) is 19.2. The highest BCUT2D eigenvalue weighted by Gasteiger charge is 2.23. The molecular weight excluding hydrogens is 781 g/mol. The van der Waals surface area contributed by atoms with Crippen LogP contribution >= 0.6 is 0 Å². The summed E-state index contributed by atoms with van der Waals surface area (Å²) in [5.74, 6) is 0. The number of unbranched alkanes of at least 4 members (excludes halogenated alkanes) is 25. The summed E-state index contributed by atoms with van der Waals surface area (Å²) in [5, 5.41) is 13.0. The number of ether oxygens (including phenoxy) is 2. The van der Waals surface area contributed by atoms with Crippen LogP contribution in [0.25, 0.3) is 0 Å². The van der Waals surface area contributed by atoms with Gasteiger partial charge >= 0.3 is 6.03 Å². The second-order valence-corrected chi connectivity index (χ2v) is 19.2. The largest absolute Gasteiger partial charge is 0.379 e. The molecule has 1 atom stereocenters. The van der Waals surface area contributed by atoms with Crippen LogP contribution in [0.2, 0.25) is 0 Å². The van der Waals surface area contributed by atoms with E-state index in [1.807, 2.05) is 0 Å². The molecule has 0 aliphatic heterocycles. The van der Waals surface area contributed by atoms with E-state index in [-0.39, 0.29) is 12.1 Å². The summed E-state index contributed by atoms with van der Waals surface area (Å²) in [6, 6.07) is -0.0784. The molecule has 0 aromatic rings. The Hall–Kier alpha value is -1.49. The highest BCUT2D eigenvalue weighted by molar-refractivity contribution is 5.73. The number of allylic oxidation sites excluding steroid dienone is 4. The van der Waals surface area contributed by atoms with Gasteiger partial charge in [0, 0.05) is 19.8 Å². The zero-order chi connectivity index (χ0) is 45.8. The van der Waals surface area contributed by atoms with E-state index in [0.29, 0.717) is 19.7 Å². The maximum absolute atomic E-state index is 12.5. The van der Waals surface area contributed by atoms with Gasteiger partial charge in [-0.05, 0) is 123 Å². The number of rotatable bonds is 52. The first kappa shape index (κ1) is 61.5. The van der Waals surface area contributed by atoms with Gasteiger partial charge in [0.1, 0.15) is 12.6 Å². The molecule has 63 heavy (non-hydrogen) atoms. The molecule has 0 aliphatic carbocycles. The van der Waals surface area contributed by atoms with Gasteiger partial charge in [0.15, 0.2) is 0 Å². The van der Waals surface area contributed by atoms with Crippen LogP contribution in [0.4, 0.5) is 4.79 Å². The van der Waals surface area contributed by atoms with Gasteiger partial charge in [-0.15, -0.1) is 0 Å². The fourth-order valence-electron chi connectivity index (χ4n) is 7.99. The smallest absolute Gasteiger partial charge is 0.314 e. The zero-order valence-corrected chi connectivity index (χ0v) is 42.7. The molecule has 0 fully saturated rings. The first-order chi connectivity index (χ1) is 30.9. The number of urea groups is 1. The van der Waals surface area contributed by atoms with Crippen LogP contribution in [0.1, 0.15) is 219 Å². The highest BCUT2D eigenvalue weighted by Crippen LogP contribution is 2.13. The standard InChI is InChI=1S/C54H110N6O3/c1-5-7-9-11-13-15-17-19-21-23-25-27-29-31-33-37-49-62-52-53(63-50-38-34-32-30-28-26-24-22-20-18-16-14-12-10-8-6-2)51-60(3,4)48-47-59-54(61)58-46-40-45-57-43-36-35-42-56-44-39-41-55/h19-22,53,56-57H,5-18,23-52,55H2,1-4H3,(H-,58,59,61)/p+1/b21-19-,22-20-. The fraction of sp³-hybridized carbons (Fsp3) is 0.907. The van der Waals surface area contributed by atoms with Crippen molar-refractivity contribution in [3.05, 3.63) is 24.3 Å². The van der Waals surface area contributed by atoms with Gasteiger partial charge in [0.2, 0.25) is 0 Å². The maximum atomic E-state index is 12.5. The second kappa shape index (κ2) is 51.5. The van der Waals surface area contributed by atoms with Crippen molar-refractivity contribution in [3.63, 3.8) is 0 Å². The number of nitrogens with zero attached hydrogens (tertiary/aromatic N) is 1. The SMILES string of the molecule is CCCCCCCC/C=C\CCCCCCCCOCC(C[N+](C)(C)CCNC(=O)NCCCNCCCCNCCCN)OCCCCCCCC/C=C\CCCCCCCC. The van der Waals surface area contributed by atoms with Crippen LogP contribution in [0.5, 0.6) is 0 Å². The Morgan fingerprint density at radius 3 is 1.40 bits per heavy atom. The maximum Gasteiger partial charge on any atom is 0.314 e. The van der Waals surface area contributed by atoms with Crippen molar-refractivity contribution in [2.45, 2.75) is 225 Å². The molecular formula is C54H111N6O3+. The van der Waals surface area contributed by atoms with Crippen LogP contribution in [0.15, 0.2) is 24.3 Å². The summed E-state index contributed by atoms with van der Waals surface area (Å²) in [4.78, 5) is 12.5. The molecule has 0 bridgehead atoms. The van der Waals surface area contributed by atoms with Crippen LogP contribution in [0, 0.1) is 0 Å². The molecule has 2 amide bonds. The lowest BCUT2D eigenvalue weighted by atomic mass is 10.1. The zero-order valence-electron chi connectivity index (χ0n) is 42.7. The Kier molecular flexibility index (Phi) is 50.3. The summed E-state index contributed by atoms with van der Waals surface area (Å²) in [6.45, 7) is 14.6. The van der Waals surface area contributed by atoms with E-state index < -0.39 is 0 Å². The van der Waals surface area contributed by atoms with Crippen molar-refractivity contribution < 1.29 is 18.8 Å². The van der Waals surface area contributed by atoms with Gasteiger partial charge in [-0.2, -0.15) is 0 Å². The van der Waals surface area contributed by atoms with E-state index in [1.54, 1.807) is 0 Å². The first-order valence-electron chi connectivity index (χ1n) is 27.4. The lowest BCUT2D eigenvalue weighted by Gasteiger charge is -2.33. The molecule has 0 heterocycles. The minimum absolute atomic E-state index is 0.0611. The van der Waals surface area contributed by atoms with Crippen molar-refractivity contribution in [3.8, 4) is 0 Å². The van der Waals surface area contributed by atoms with E-state index in [9.17, 15) is 4.79 Å². The van der Waals surface area contributed by atoms with Crippen LogP contribution in [0.3, 0.4) is 0 Å². The predicted octanol–water partition coefficient (Wildman–Crippen LogP) is 12.5. The first-order valence-corrected chi connectivity index (χ1v) is 27.4. The van der Waals surface area contributed by atoms with E-state index in [2.05, 4.69) is 73.5 Å². The van der Waals surface area contributed by atoms with Crippen molar-refractivity contribution in [1.29, 1.82) is 0 Å². The summed E-state index contributed by atoms with van der Waals surface area (Å²) < 4.78 is 13.6. The third kappa shape index (κ3) is 51.4. The highest BCUT2D eigenvalue weighted by atomic mass is 16.5. The average Bonchev–Trinajstić information content (AvgIpc) is 3.27. The van der Waals surface area contributed by atoms with E-state index in [4.69, 9.17) is 15.2 Å². The minimum atomic E-state index is -0.0784. The number of quaternary nitrogens is 1. The number of hydrogen-bond donors (Lipinski definition) is 5. The molecule has 9 heteroatoms. The van der Waals surface area contributed by atoms with Crippen molar-refractivity contribution >= 4 is 6.03 Å². The molecule has 0 radical (unpaired) electrons. The monoisotopic (exact) mass is 892 g/mol. The van der Waals surface area contributed by atoms with Crippen LogP contribution < -0.4 is 27.0 Å². The van der Waals surface area contributed by atoms with Crippen molar-refractivity contribution in [2.24, 2.45) is 5.73 Å². The normalized spacial score (nSPS) is 12.6. The summed E-state index contributed by atoms with van der Waals surface area (Å²) in [5.41, 5.74) is 5.54. The Bertz CT molecular complexity index is 964. The molecule has 0 aromatic carbocycles. The predicted molar refractivity (Wildman–Crippen MR) is 276 cm³/mol. The number of carbonyl (C=O) groups excluding carboxylic acids is 1. The molecule has 0 saturated carbocycles. The topological polar surface area (TPSA) is 110 Å². The Balaban J connectivity index is 4.34. The van der Waals surface area contributed by atoms with Gasteiger partial charge in [0.25, 0.3) is 0 Å². The quantitative estimate of drug-likeness (QED) is 0.0236. The third-order valence-electron chi connectivity index (χ3n) is 12.1. The van der Waals surface area contributed by atoms with Crippen molar-refractivity contribution in [1.82, 2.24) is 21.3 Å². The molecule has 0 rings (SSSR count). The van der Waals surface area contributed by atoms with Crippen LogP contribution in [-0.2, 0) is 9.47 Å². The summed E-state index contributed by atoms with van der Waals surface area (Å²) >= 11 is 0. The number of nitrogens with one attached hydrogen (secondary N) is 4. The summed E-state index contributed by atoms with van der Waals surface area (Å²) in [7, 11) is 4.49. The Morgan fingerprint density at radius 1 is 0.492 bits per heavy atom. The molecule has 0 saturated heterocycles. The van der Waals surface area contributed by atoms with E-state index in [1.165, 1.54) is 173 Å². The lowest BCUT2D eigenvalue weighted by molar-refractivity contribution is -0.892. The van der Waals surface area contributed by atoms with Gasteiger partial charge in [-0.1, -0.05) is 154 Å². The fourth-order valence-corrected chi connectivity index (χ4v) is 7.99. The van der Waals surface area contributed by atoms with Crippen molar-refractivity contribution in [2.75, 3.05) is 92.8 Å². The molecule has 0 aliphatic rings. The lowest BCUT2D eigenvalue weighted by Crippen LogP contribution is -2.51. The number of nitrogens with two attached hydrogens (primary N) is 1. The average molecular weight is 893 g/mol. The third-order valence-corrected chi connectivity index (χ3v) is 12.1. The van der Waals surface area contributed by atoms with Gasteiger partial charge in [-0.25, -0.2) is 4.79 Å². The van der Waals surface area contributed by atoms with E-state index in [0.717, 1.165) is 95.6 Å². The molecule has 374 valence electrons. The molecule has 0 spiro atoms. The Morgan fingerprint density at radius 2 is 0.905 bits per heavy atom. The number of hydrogen-bond acceptors (Lipinski definition) is 6. The van der Waals surface area contributed by atoms with Gasteiger partial charge in [0.05, 0.1) is 33.8 Å². The number of amides is 2. The Labute approximate surface area is 393 Å². The van der Waals surface area contributed by atoms with Gasteiger partial charge in [-0.3, -0.25) is 0 Å². The minimum Gasteiger partial charge on any atom is -0.379 e. The summed E-state index contributed by atoms with van der Waals surface area (Å²) in [6.07, 6.45) is 50.9. The number of carbonyl (C=O) groups is 1. The number of likely N-dealkylation sites (N-methyl/N-ethyl adjacent to an activating group) is 1. The molecule has 0 aromatic heterocycles. The van der Waals surface area contributed by atoms with E-state index >= 15 is 0 Å².